The van der Waals surface area contributed by atoms with E-state index in [0.717, 1.165) is 13.1 Å². The van der Waals surface area contributed by atoms with Crippen LogP contribution in [-0.4, -0.2) is 19.9 Å². The van der Waals surface area contributed by atoms with Gasteiger partial charge in [0.25, 0.3) is 0 Å². The third kappa shape index (κ3) is 2.44. The summed E-state index contributed by atoms with van der Waals surface area (Å²) < 4.78 is 0. The zero-order valence-electron chi connectivity index (χ0n) is 8.85. The van der Waals surface area contributed by atoms with Gasteiger partial charge in [-0.3, -0.25) is 0 Å². The van der Waals surface area contributed by atoms with Crippen molar-refractivity contribution in [3.05, 3.63) is 42.1 Å². The van der Waals surface area contributed by atoms with Gasteiger partial charge >= 0.3 is 0 Å². The lowest BCUT2D eigenvalue weighted by Crippen LogP contribution is -2.23. The average molecular weight is 201 g/mol. The molecular weight excluding hydrogens is 186 g/mol. The molecule has 15 heavy (non-hydrogen) atoms. The van der Waals surface area contributed by atoms with Crippen LogP contribution in [0, 0.1) is 0 Å². The number of hydrogen-bond acceptors (Lipinski definition) is 3. The van der Waals surface area contributed by atoms with Crippen LogP contribution in [-0.2, 0) is 6.54 Å². The van der Waals surface area contributed by atoms with Crippen molar-refractivity contribution in [1.82, 2.24) is 5.32 Å². The second-order valence-electron chi connectivity index (χ2n) is 3.50. The highest BCUT2D eigenvalue weighted by molar-refractivity contribution is 5.80. The highest BCUT2D eigenvalue weighted by atomic mass is 15.2. The first-order valence-electron chi connectivity index (χ1n) is 5.08. The first-order chi connectivity index (χ1) is 7.40. The number of aliphatic imine (C=N–C) groups is 1. The Bertz CT molecular complexity index is 382. The van der Waals surface area contributed by atoms with Gasteiger partial charge in [0.2, 0.25) is 0 Å². The minimum Gasteiger partial charge on any atom is -0.329 e. The van der Waals surface area contributed by atoms with Gasteiger partial charge in [-0.15, -0.1) is 0 Å². The van der Waals surface area contributed by atoms with Crippen molar-refractivity contribution in [1.29, 1.82) is 0 Å². The fourth-order valence-electron chi connectivity index (χ4n) is 1.61. The Morgan fingerprint density at radius 3 is 3.13 bits per heavy atom. The molecule has 0 aliphatic carbocycles. The van der Waals surface area contributed by atoms with Crippen molar-refractivity contribution in [2.75, 3.05) is 18.5 Å². The first-order valence-corrected chi connectivity index (χ1v) is 5.08. The van der Waals surface area contributed by atoms with Crippen LogP contribution >= 0.6 is 0 Å². The summed E-state index contributed by atoms with van der Waals surface area (Å²) in [5.74, 6) is 0. The summed E-state index contributed by atoms with van der Waals surface area (Å²) in [5.41, 5.74) is 2.48. The van der Waals surface area contributed by atoms with Crippen LogP contribution in [0.15, 0.2) is 41.5 Å². The van der Waals surface area contributed by atoms with E-state index in [4.69, 9.17) is 0 Å². The lowest BCUT2D eigenvalue weighted by atomic mass is 10.2. The van der Waals surface area contributed by atoms with Crippen LogP contribution < -0.4 is 10.2 Å². The quantitative estimate of drug-likeness (QED) is 0.807. The number of rotatable bonds is 3. The zero-order valence-corrected chi connectivity index (χ0v) is 8.85. The third-order valence-corrected chi connectivity index (χ3v) is 2.32. The topological polar surface area (TPSA) is 27.6 Å². The molecule has 1 heterocycles. The summed E-state index contributed by atoms with van der Waals surface area (Å²) in [6.07, 6.45) is 5.73. The van der Waals surface area contributed by atoms with E-state index in [-0.39, 0.29) is 0 Å². The maximum absolute atomic E-state index is 4.12. The van der Waals surface area contributed by atoms with E-state index in [1.54, 1.807) is 0 Å². The molecule has 0 spiro atoms. The van der Waals surface area contributed by atoms with Crippen molar-refractivity contribution in [2.24, 2.45) is 4.99 Å². The molecule has 1 aromatic carbocycles. The molecule has 0 bridgehead atoms. The van der Waals surface area contributed by atoms with Crippen molar-refractivity contribution in [3.8, 4) is 0 Å². The molecule has 78 valence electrons. The van der Waals surface area contributed by atoms with E-state index < -0.39 is 0 Å². The van der Waals surface area contributed by atoms with Crippen LogP contribution in [0.1, 0.15) is 5.56 Å². The largest absolute Gasteiger partial charge is 0.329 e. The molecule has 0 saturated heterocycles. The Kier molecular flexibility index (Phi) is 3.15. The molecule has 0 saturated carbocycles. The van der Waals surface area contributed by atoms with Crippen LogP contribution in [0.25, 0.3) is 0 Å². The molecule has 1 aliphatic rings. The van der Waals surface area contributed by atoms with Gasteiger partial charge in [0.15, 0.2) is 0 Å². The maximum atomic E-state index is 4.12. The average Bonchev–Trinajstić information content (AvgIpc) is 2.31. The number of benzene rings is 1. The van der Waals surface area contributed by atoms with Gasteiger partial charge in [-0.25, -0.2) is 4.99 Å². The van der Waals surface area contributed by atoms with Gasteiger partial charge in [-0.2, -0.15) is 0 Å². The van der Waals surface area contributed by atoms with Crippen molar-refractivity contribution in [3.63, 3.8) is 0 Å². The highest BCUT2D eigenvalue weighted by Gasteiger charge is 2.04. The van der Waals surface area contributed by atoms with Crippen molar-refractivity contribution in [2.45, 2.75) is 6.54 Å². The summed E-state index contributed by atoms with van der Waals surface area (Å²) in [6.45, 7) is 1.79. The summed E-state index contributed by atoms with van der Waals surface area (Å²) in [6, 6.07) is 8.48. The number of nitrogens with zero attached hydrogens (tertiary/aromatic N) is 2. The zero-order chi connectivity index (χ0) is 10.5. The molecule has 0 amide bonds. The molecule has 0 aromatic heterocycles. The second-order valence-corrected chi connectivity index (χ2v) is 3.50. The molecule has 3 nitrogen and oxygen atoms in total. The fourth-order valence-corrected chi connectivity index (χ4v) is 1.61. The molecule has 3 heteroatoms. The van der Waals surface area contributed by atoms with E-state index in [2.05, 4.69) is 39.5 Å². The van der Waals surface area contributed by atoms with Crippen molar-refractivity contribution < 1.29 is 0 Å². The minimum atomic E-state index is 0.895. The molecule has 2 rings (SSSR count). The monoisotopic (exact) mass is 201 g/mol. The van der Waals surface area contributed by atoms with Gasteiger partial charge in [0.1, 0.15) is 0 Å². The predicted octanol–water partition coefficient (Wildman–Crippen LogP) is 1.77. The van der Waals surface area contributed by atoms with E-state index in [1.165, 1.54) is 11.3 Å². The Labute approximate surface area is 90.1 Å². The molecule has 0 radical (unpaired) electrons. The summed E-state index contributed by atoms with van der Waals surface area (Å²) in [5, 5.41) is 3.15. The molecule has 0 atom stereocenters. The van der Waals surface area contributed by atoms with Gasteiger partial charge < -0.3 is 10.2 Å². The maximum Gasteiger partial charge on any atom is 0.0952 e. The number of hydrogen-bond donors (Lipinski definition) is 1. The predicted molar refractivity (Wildman–Crippen MR) is 64.2 cm³/mol. The van der Waals surface area contributed by atoms with Crippen LogP contribution in [0.2, 0.25) is 0 Å². The molecule has 1 N–H and O–H groups in total. The smallest absolute Gasteiger partial charge is 0.0952 e. The van der Waals surface area contributed by atoms with Gasteiger partial charge in [-0.05, 0) is 30.8 Å². The normalized spacial score (nSPS) is 14.6. The number of anilines is 1. The van der Waals surface area contributed by atoms with Crippen molar-refractivity contribution >= 4 is 12.0 Å². The van der Waals surface area contributed by atoms with Crippen LogP contribution in [0.3, 0.4) is 0 Å². The first kappa shape index (κ1) is 9.93. The Morgan fingerprint density at radius 1 is 1.47 bits per heavy atom. The fraction of sp³-hybridized carbons (Fsp3) is 0.250. The number of nitrogens with one attached hydrogen (secondary N) is 1. The van der Waals surface area contributed by atoms with Gasteiger partial charge in [0, 0.05) is 25.0 Å². The highest BCUT2D eigenvalue weighted by Crippen LogP contribution is 2.16. The van der Waals surface area contributed by atoms with Crippen LogP contribution in [0.4, 0.5) is 5.69 Å². The van der Waals surface area contributed by atoms with E-state index in [9.17, 15) is 0 Å². The Hall–Kier alpha value is -1.61. The van der Waals surface area contributed by atoms with E-state index in [1.807, 2.05) is 25.7 Å². The second kappa shape index (κ2) is 4.75. The van der Waals surface area contributed by atoms with Gasteiger partial charge in [0.05, 0.1) is 6.34 Å². The van der Waals surface area contributed by atoms with Crippen LogP contribution in [0.5, 0.6) is 0 Å². The Morgan fingerprint density at radius 2 is 2.40 bits per heavy atom. The van der Waals surface area contributed by atoms with Gasteiger partial charge in [-0.1, -0.05) is 12.1 Å². The molecule has 0 unspecified atom stereocenters. The van der Waals surface area contributed by atoms with E-state index >= 15 is 0 Å². The standard InChI is InChI=1S/C12H15N3/c1-13-9-11-4-2-5-12(8-11)15-7-3-6-14-10-15/h2-6,8,10,13H,7,9H2,1H3. The third-order valence-electron chi connectivity index (χ3n) is 2.32. The summed E-state index contributed by atoms with van der Waals surface area (Å²) >= 11 is 0. The minimum absolute atomic E-state index is 0.895. The SMILES string of the molecule is CNCc1cccc(N2C=NC=CC2)c1. The van der Waals surface area contributed by atoms with E-state index in [0.29, 0.717) is 0 Å². The molecule has 1 aromatic rings. The lowest BCUT2D eigenvalue weighted by molar-refractivity contribution is 0.817. The molecular formula is C12H15N3. The Balaban J connectivity index is 2.17. The summed E-state index contributed by atoms with van der Waals surface area (Å²) in [4.78, 5) is 6.24. The lowest BCUT2D eigenvalue weighted by Gasteiger charge is -2.20. The summed E-state index contributed by atoms with van der Waals surface area (Å²) in [7, 11) is 1.96. The molecule has 0 fully saturated rings. The molecule has 1 aliphatic heterocycles.